The van der Waals surface area contributed by atoms with Crippen LogP contribution in [0.25, 0.3) is 0 Å². The van der Waals surface area contributed by atoms with Crippen molar-refractivity contribution >= 4 is 15.9 Å². The molecule has 1 atom stereocenters. The Bertz CT molecular complexity index is 498. The molecule has 0 saturated carbocycles. The van der Waals surface area contributed by atoms with Gasteiger partial charge in [0.1, 0.15) is 0 Å². The number of urea groups is 1. The normalized spacial score (nSPS) is 26.8. The average Bonchev–Trinajstić information content (AvgIpc) is 2.76. The Morgan fingerprint density at radius 1 is 1.23 bits per heavy atom. The molecule has 2 amide bonds. The lowest BCUT2D eigenvalue weighted by atomic mass is 10.0. The van der Waals surface area contributed by atoms with Crippen LogP contribution in [0.2, 0.25) is 0 Å². The number of carbonyl (C=O) groups is 1. The predicted molar refractivity (Wildman–Crippen MR) is 86.7 cm³/mol. The van der Waals surface area contributed by atoms with Gasteiger partial charge in [0.05, 0.1) is 11.5 Å². The van der Waals surface area contributed by atoms with Gasteiger partial charge in [0, 0.05) is 44.3 Å². The Balaban J connectivity index is 1.75. The van der Waals surface area contributed by atoms with E-state index in [1.54, 1.807) is 0 Å². The maximum Gasteiger partial charge on any atom is 0.315 e. The van der Waals surface area contributed by atoms with Crippen molar-refractivity contribution in [1.82, 2.24) is 20.4 Å². The van der Waals surface area contributed by atoms with Gasteiger partial charge in [-0.25, -0.2) is 13.2 Å². The highest BCUT2D eigenvalue weighted by atomic mass is 32.2. The first kappa shape index (κ1) is 17.5. The van der Waals surface area contributed by atoms with E-state index in [1.165, 1.54) is 0 Å². The molecule has 2 aliphatic heterocycles. The molecule has 2 rings (SSSR count). The Kier molecular flexibility index (Phi) is 5.34. The van der Waals surface area contributed by atoms with Gasteiger partial charge in [-0.05, 0) is 27.3 Å². The molecule has 22 heavy (non-hydrogen) atoms. The molecule has 2 heterocycles. The van der Waals surface area contributed by atoms with E-state index in [0.29, 0.717) is 13.0 Å². The molecule has 0 aromatic carbocycles. The zero-order valence-corrected chi connectivity index (χ0v) is 14.6. The van der Waals surface area contributed by atoms with Crippen LogP contribution in [0.4, 0.5) is 4.79 Å². The van der Waals surface area contributed by atoms with Gasteiger partial charge < -0.3 is 15.5 Å². The first-order valence-electron chi connectivity index (χ1n) is 7.86. The van der Waals surface area contributed by atoms with Crippen LogP contribution < -0.4 is 10.6 Å². The molecule has 0 aromatic heterocycles. The van der Waals surface area contributed by atoms with E-state index >= 15 is 0 Å². The fourth-order valence-corrected chi connectivity index (χ4v) is 4.64. The number of piperazine rings is 1. The molecule has 8 heteroatoms. The summed E-state index contributed by atoms with van der Waals surface area (Å²) in [6.45, 7) is 8.85. The first-order valence-corrected chi connectivity index (χ1v) is 9.68. The minimum Gasteiger partial charge on any atom is -0.336 e. The minimum atomic E-state index is -2.96. The number of rotatable bonds is 4. The zero-order valence-electron chi connectivity index (χ0n) is 13.8. The van der Waals surface area contributed by atoms with Gasteiger partial charge in [-0.2, -0.15) is 0 Å². The highest BCUT2D eigenvalue weighted by Crippen LogP contribution is 2.16. The summed E-state index contributed by atoms with van der Waals surface area (Å²) in [5.74, 6) is 0.229. The van der Waals surface area contributed by atoms with Crippen molar-refractivity contribution in [3.63, 3.8) is 0 Å². The number of nitrogens with zero attached hydrogens (tertiary/aromatic N) is 2. The summed E-state index contributed by atoms with van der Waals surface area (Å²) in [5.41, 5.74) is -0.111. The number of likely N-dealkylation sites (N-methyl/N-ethyl adjacent to an activating group) is 1. The van der Waals surface area contributed by atoms with Crippen molar-refractivity contribution in [3.05, 3.63) is 0 Å². The summed E-state index contributed by atoms with van der Waals surface area (Å²) in [7, 11) is -0.845. The summed E-state index contributed by atoms with van der Waals surface area (Å²) in [4.78, 5) is 16.6. The van der Waals surface area contributed by atoms with Crippen molar-refractivity contribution in [2.75, 3.05) is 51.3 Å². The molecule has 2 N–H and O–H groups in total. The molecule has 2 aliphatic rings. The van der Waals surface area contributed by atoms with E-state index in [9.17, 15) is 13.2 Å². The molecule has 0 aromatic rings. The lowest BCUT2D eigenvalue weighted by Gasteiger charge is -2.43. The highest BCUT2D eigenvalue weighted by molar-refractivity contribution is 7.91. The quantitative estimate of drug-likeness (QED) is 0.725. The van der Waals surface area contributed by atoms with E-state index in [0.717, 1.165) is 26.2 Å². The van der Waals surface area contributed by atoms with Crippen molar-refractivity contribution in [1.29, 1.82) is 0 Å². The van der Waals surface area contributed by atoms with Crippen LogP contribution in [0.15, 0.2) is 0 Å². The largest absolute Gasteiger partial charge is 0.336 e. The van der Waals surface area contributed by atoms with Crippen molar-refractivity contribution in [3.8, 4) is 0 Å². The number of carbonyl (C=O) groups excluding carboxylic acids is 1. The summed E-state index contributed by atoms with van der Waals surface area (Å²) >= 11 is 0. The summed E-state index contributed by atoms with van der Waals surface area (Å²) in [6.07, 6.45) is 0.512. The Morgan fingerprint density at radius 2 is 1.86 bits per heavy atom. The molecule has 2 fully saturated rings. The first-order chi connectivity index (χ1) is 10.2. The molecule has 0 unspecified atom stereocenters. The molecule has 0 radical (unpaired) electrons. The van der Waals surface area contributed by atoms with Crippen molar-refractivity contribution in [2.45, 2.75) is 31.8 Å². The van der Waals surface area contributed by atoms with Gasteiger partial charge in [0.2, 0.25) is 0 Å². The van der Waals surface area contributed by atoms with Crippen LogP contribution in [0.3, 0.4) is 0 Å². The van der Waals surface area contributed by atoms with Gasteiger partial charge in [-0.3, -0.25) is 4.90 Å². The fourth-order valence-electron chi connectivity index (χ4n) is 2.97. The van der Waals surface area contributed by atoms with E-state index < -0.39 is 9.84 Å². The van der Waals surface area contributed by atoms with Gasteiger partial charge in [0.15, 0.2) is 9.84 Å². The SMILES string of the molecule is CN1CCN(C(C)(C)CNC(=O)N[C@@H]2CCS(=O)(=O)C2)CC1. The van der Waals surface area contributed by atoms with Crippen LogP contribution in [0, 0.1) is 0 Å². The van der Waals surface area contributed by atoms with Gasteiger partial charge in [-0.15, -0.1) is 0 Å². The molecule has 7 nitrogen and oxygen atoms in total. The van der Waals surface area contributed by atoms with E-state index in [-0.39, 0.29) is 29.1 Å². The van der Waals surface area contributed by atoms with Crippen LogP contribution in [-0.2, 0) is 9.84 Å². The maximum atomic E-state index is 11.9. The average molecular weight is 332 g/mol. The molecular formula is C14H28N4O3S. The summed E-state index contributed by atoms with van der Waals surface area (Å²) in [6, 6.07) is -0.527. The lowest BCUT2D eigenvalue weighted by molar-refractivity contribution is 0.0633. The lowest BCUT2D eigenvalue weighted by Crippen LogP contribution is -2.58. The third kappa shape index (κ3) is 4.82. The third-order valence-electron chi connectivity index (χ3n) is 4.61. The summed E-state index contributed by atoms with van der Waals surface area (Å²) in [5, 5.41) is 5.65. The minimum absolute atomic E-state index is 0.0578. The molecule has 2 saturated heterocycles. The van der Waals surface area contributed by atoms with E-state index in [1.807, 2.05) is 0 Å². The number of hydrogen-bond donors (Lipinski definition) is 2. The molecule has 128 valence electrons. The zero-order chi connectivity index (χ0) is 16.4. The maximum absolute atomic E-state index is 11.9. The van der Waals surface area contributed by atoms with E-state index in [4.69, 9.17) is 0 Å². The Morgan fingerprint density at radius 3 is 2.41 bits per heavy atom. The molecule has 0 aliphatic carbocycles. The standard InChI is InChI=1S/C14H28N4O3S/c1-14(2,18-7-5-17(3)6-8-18)11-15-13(19)16-12-4-9-22(20,21)10-12/h12H,4-11H2,1-3H3,(H2,15,16,19)/t12-/m1/s1. The topological polar surface area (TPSA) is 81.8 Å². The number of sulfone groups is 1. The second-order valence-electron chi connectivity index (χ2n) is 7.03. The van der Waals surface area contributed by atoms with Crippen LogP contribution >= 0.6 is 0 Å². The van der Waals surface area contributed by atoms with Gasteiger partial charge >= 0.3 is 6.03 Å². The third-order valence-corrected chi connectivity index (χ3v) is 6.38. The predicted octanol–water partition coefficient (Wildman–Crippen LogP) is -0.501. The van der Waals surface area contributed by atoms with E-state index in [2.05, 4.69) is 41.3 Å². The second kappa shape index (κ2) is 6.72. The van der Waals surface area contributed by atoms with Gasteiger partial charge in [-0.1, -0.05) is 0 Å². The Labute approximate surface area is 133 Å². The van der Waals surface area contributed by atoms with Crippen LogP contribution in [-0.4, -0.2) is 87.1 Å². The number of nitrogens with one attached hydrogen (secondary N) is 2. The fraction of sp³-hybridized carbons (Fsp3) is 0.929. The molecular weight excluding hydrogens is 304 g/mol. The van der Waals surface area contributed by atoms with Crippen molar-refractivity contribution < 1.29 is 13.2 Å². The molecule has 0 bridgehead atoms. The second-order valence-corrected chi connectivity index (χ2v) is 9.26. The number of amides is 2. The Hall–Kier alpha value is -0.860. The van der Waals surface area contributed by atoms with Gasteiger partial charge in [0.25, 0.3) is 0 Å². The van der Waals surface area contributed by atoms with Crippen molar-refractivity contribution in [2.24, 2.45) is 0 Å². The molecule has 0 spiro atoms. The smallest absolute Gasteiger partial charge is 0.315 e. The summed E-state index contributed by atoms with van der Waals surface area (Å²) < 4.78 is 22.8. The van der Waals surface area contributed by atoms with Crippen LogP contribution in [0.1, 0.15) is 20.3 Å². The van der Waals surface area contributed by atoms with Crippen LogP contribution in [0.5, 0.6) is 0 Å². The highest BCUT2D eigenvalue weighted by Gasteiger charge is 2.31. The monoisotopic (exact) mass is 332 g/mol. The number of hydrogen-bond acceptors (Lipinski definition) is 5.